The average Bonchev–Trinajstić information content (AvgIpc) is 3.45. The van der Waals surface area contributed by atoms with Gasteiger partial charge in [0.05, 0.1) is 30.2 Å². The fraction of sp³-hybridized carbons (Fsp3) is 0.217. The monoisotopic (exact) mass is 778 g/mol. The van der Waals surface area contributed by atoms with Gasteiger partial charge in [-0.25, -0.2) is 0 Å². The summed E-state index contributed by atoms with van der Waals surface area (Å²) in [5.41, 5.74) is 2.49. The molecular weight excluding hydrogens is 737 g/mol. The minimum absolute atomic E-state index is 0.0205. The molecule has 0 aromatic heterocycles. The molecule has 8 rings (SSSR count). The quantitative estimate of drug-likeness (QED) is 0.144. The zero-order chi connectivity index (χ0) is 40.4. The summed E-state index contributed by atoms with van der Waals surface area (Å²) in [5.74, 6) is -1.07. The first-order valence-electron chi connectivity index (χ1n) is 19.1. The summed E-state index contributed by atoms with van der Waals surface area (Å²) < 4.78 is 11.3. The normalized spacial score (nSPS) is 17.7. The molecule has 5 aromatic carbocycles. The molecule has 0 unspecified atom stereocenters. The summed E-state index contributed by atoms with van der Waals surface area (Å²) in [7, 11) is 0. The third kappa shape index (κ3) is 7.08. The fourth-order valence-electron chi connectivity index (χ4n) is 7.84. The van der Waals surface area contributed by atoms with Crippen LogP contribution < -0.4 is 24.2 Å². The molecule has 294 valence electrons. The Labute approximate surface area is 335 Å². The molecule has 3 heterocycles. The van der Waals surface area contributed by atoms with Crippen molar-refractivity contribution in [2.24, 2.45) is 5.92 Å². The van der Waals surface area contributed by atoms with Gasteiger partial charge >= 0.3 is 0 Å². The number of ether oxygens (including phenoxy) is 2. The molecule has 2 N–H and O–H groups in total. The van der Waals surface area contributed by atoms with Gasteiger partial charge in [-0.05, 0) is 65.7 Å². The maximum Gasteiger partial charge on any atom is 0.269 e. The lowest BCUT2D eigenvalue weighted by Gasteiger charge is -2.31. The van der Waals surface area contributed by atoms with E-state index in [1.165, 1.54) is 9.80 Å². The van der Waals surface area contributed by atoms with Crippen molar-refractivity contribution in [3.05, 3.63) is 150 Å². The van der Waals surface area contributed by atoms with E-state index in [9.17, 15) is 29.4 Å². The van der Waals surface area contributed by atoms with Crippen molar-refractivity contribution in [3.8, 4) is 11.5 Å². The van der Waals surface area contributed by atoms with Crippen LogP contribution in [0.15, 0.2) is 133 Å². The number of aliphatic hydroxyl groups excluding tert-OH is 1. The van der Waals surface area contributed by atoms with E-state index in [1.54, 1.807) is 71.3 Å². The van der Waals surface area contributed by atoms with Crippen molar-refractivity contribution in [2.45, 2.75) is 32.0 Å². The molecule has 58 heavy (non-hydrogen) atoms. The number of nitrogens with zero attached hydrogens (tertiary/aromatic N) is 4. The van der Waals surface area contributed by atoms with Gasteiger partial charge in [0.1, 0.15) is 11.5 Å². The molecule has 0 bridgehead atoms. The Bertz CT molecular complexity index is 2420. The lowest BCUT2D eigenvalue weighted by atomic mass is 9.82. The topological polar surface area (TPSA) is 140 Å². The van der Waals surface area contributed by atoms with Gasteiger partial charge in [-0.3, -0.25) is 29.0 Å². The van der Waals surface area contributed by atoms with Gasteiger partial charge in [0.15, 0.2) is 18.8 Å². The molecule has 12 nitrogen and oxygen atoms in total. The van der Waals surface area contributed by atoms with Crippen molar-refractivity contribution in [1.29, 1.82) is 0 Å². The van der Waals surface area contributed by atoms with E-state index >= 15 is 0 Å². The standard InChI is InChI=1S/C46H42N4O8/c1-31(11-9-20-42(52)47(23-24-51)27-32-12-3-2-4-13-32)46(56)36-26-35(50-39-17-6-8-19-41(39)58-30-44(50)54)21-22-37(36)48(45(46)55)28-33-14-10-15-34(25-33)49-38-16-5-7-18-40(38)57-29-43(49)53/h2-19,21-22,25-26,31,51,56H,20,23-24,27-30H2,1H3/b11-9+/t31-,46+/m1/s1. The molecule has 4 amide bonds. The highest BCUT2D eigenvalue weighted by atomic mass is 16.5. The zero-order valence-corrected chi connectivity index (χ0v) is 31.9. The number of rotatable bonds is 12. The van der Waals surface area contributed by atoms with E-state index in [-0.39, 0.29) is 57.1 Å². The average molecular weight is 779 g/mol. The molecule has 0 fully saturated rings. The molecule has 0 aliphatic carbocycles. The third-order valence-corrected chi connectivity index (χ3v) is 10.7. The van der Waals surface area contributed by atoms with Crippen LogP contribution in [-0.4, -0.2) is 65.1 Å². The SMILES string of the molecule is C[C@H](/C=C/CC(=O)N(CCO)Cc1ccccc1)[C@@]1(O)C(=O)N(Cc2cccc(N3C(=O)COc4ccccc43)c2)c2ccc(N3C(=O)COc4ccccc43)cc21. The highest BCUT2D eigenvalue weighted by Crippen LogP contribution is 2.49. The number of hydrogen-bond acceptors (Lipinski definition) is 8. The minimum Gasteiger partial charge on any atom is -0.482 e. The second kappa shape index (κ2) is 16.0. The number of benzene rings is 5. The second-order valence-corrected chi connectivity index (χ2v) is 14.4. The Morgan fingerprint density at radius 1 is 0.759 bits per heavy atom. The van der Waals surface area contributed by atoms with Crippen molar-refractivity contribution in [2.75, 3.05) is 41.1 Å². The Morgan fingerprint density at radius 2 is 1.36 bits per heavy atom. The fourth-order valence-corrected chi connectivity index (χ4v) is 7.84. The van der Waals surface area contributed by atoms with Crippen LogP contribution in [0.4, 0.5) is 28.4 Å². The Hall–Kier alpha value is -6.76. The van der Waals surface area contributed by atoms with Crippen LogP contribution in [0.5, 0.6) is 11.5 Å². The second-order valence-electron chi connectivity index (χ2n) is 14.4. The predicted molar refractivity (Wildman–Crippen MR) is 218 cm³/mol. The molecule has 12 heteroatoms. The highest BCUT2D eigenvalue weighted by Gasteiger charge is 2.53. The molecular formula is C46H42N4O8. The third-order valence-electron chi connectivity index (χ3n) is 10.7. The Kier molecular flexibility index (Phi) is 10.5. The number of hydrogen-bond donors (Lipinski definition) is 2. The molecule has 3 aliphatic heterocycles. The number of anilines is 5. The first kappa shape index (κ1) is 38.1. The summed E-state index contributed by atoms with van der Waals surface area (Å²) in [6, 6.07) is 36.4. The summed E-state index contributed by atoms with van der Waals surface area (Å²) in [5, 5.41) is 22.4. The first-order chi connectivity index (χ1) is 28.2. The Balaban J connectivity index is 1.12. The first-order valence-corrected chi connectivity index (χ1v) is 19.1. The lowest BCUT2D eigenvalue weighted by Crippen LogP contribution is -2.44. The van der Waals surface area contributed by atoms with E-state index in [0.29, 0.717) is 57.6 Å². The minimum atomic E-state index is -2.09. The lowest BCUT2D eigenvalue weighted by molar-refractivity contribution is -0.139. The summed E-state index contributed by atoms with van der Waals surface area (Å²) in [6.45, 7) is 1.76. The highest BCUT2D eigenvalue weighted by molar-refractivity contribution is 6.10. The van der Waals surface area contributed by atoms with Crippen molar-refractivity contribution in [1.82, 2.24) is 4.90 Å². The van der Waals surface area contributed by atoms with Gasteiger partial charge in [-0.1, -0.05) is 85.8 Å². The van der Waals surface area contributed by atoms with Gasteiger partial charge in [0.25, 0.3) is 17.7 Å². The van der Waals surface area contributed by atoms with Crippen molar-refractivity contribution in [3.63, 3.8) is 0 Å². The van der Waals surface area contributed by atoms with Crippen LogP contribution in [0.2, 0.25) is 0 Å². The Morgan fingerprint density at radius 3 is 2.02 bits per heavy atom. The summed E-state index contributed by atoms with van der Waals surface area (Å²) in [6.07, 6.45) is 3.28. The maximum atomic E-state index is 14.7. The van der Waals surface area contributed by atoms with Crippen LogP contribution in [-0.2, 0) is 37.9 Å². The zero-order valence-electron chi connectivity index (χ0n) is 31.9. The number of amides is 4. The van der Waals surface area contributed by atoms with Crippen molar-refractivity contribution < 1.29 is 38.9 Å². The predicted octanol–water partition coefficient (Wildman–Crippen LogP) is 6.14. The van der Waals surface area contributed by atoms with E-state index in [4.69, 9.17) is 9.47 Å². The molecule has 2 atom stereocenters. The molecule has 0 saturated heterocycles. The smallest absolute Gasteiger partial charge is 0.269 e. The van der Waals surface area contributed by atoms with Gasteiger partial charge in [0.2, 0.25) is 5.91 Å². The molecule has 5 aromatic rings. The summed E-state index contributed by atoms with van der Waals surface area (Å²) >= 11 is 0. The van der Waals surface area contributed by atoms with Gasteiger partial charge < -0.3 is 29.5 Å². The van der Waals surface area contributed by atoms with Crippen LogP contribution >= 0.6 is 0 Å². The van der Waals surface area contributed by atoms with Gasteiger partial charge in [-0.2, -0.15) is 0 Å². The van der Waals surface area contributed by atoms with E-state index < -0.39 is 17.4 Å². The van der Waals surface area contributed by atoms with Crippen LogP contribution in [0.3, 0.4) is 0 Å². The van der Waals surface area contributed by atoms with Gasteiger partial charge in [-0.15, -0.1) is 0 Å². The van der Waals surface area contributed by atoms with E-state index in [2.05, 4.69) is 0 Å². The number of carbonyl (C=O) groups excluding carboxylic acids is 4. The molecule has 3 aliphatic rings. The molecule has 0 saturated carbocycles. The van der Waals surface area contributed by atoms with Crippen LogP contribution in [0, 0.1) is 5.92 Å². The summed E-state index contributed by atoms with van der Waals surface area (Å²) in [4.78, 5) is 60.8. The number of fused-ring (bicyclic) bond motifs is 3. The maximum absolute atomic E-state index is 14.7. The van der Waals surface area contributed by atoms with Gasteiger partial charge in [0, 0.05) is 42.4 Å². The van der Waals surface area contributed by atoms with E-state index in [0.717, 1.165) is 5.56 Å². The van der Waals surface area contributed by atoms with Crippen LogP contribution in [0.1, 0.15) is 30.0 Å². The number of para-hydroxylation sites is 4. The largest absolute Gasteiger partial charge is 0.482 e. The van der Waals surface area contributed by atoms with Crippen molar-refractivity contribution >= 4 is 52.1 Å². The molecule has 0 radical (unpaired) electrons. The number of carbonyl (C=O) groups is 4. The van der Waals surface area contributed by atoms with Crippen LogP contribution in [0.25, 0.3) is 0 Å². The molecule has 0 spiro atoms. The number of aliphatic hydroxyl groups is 2. The van der Waals surface area contributed by atoms with E-state index in [1.807, 2.05) is 78.9 Å².